The van der Waals surface area contributed by atoms with Gasteiger partial charge >= 0.3 is 0 Å². The summed E-state index contributed by atoms with van der Waals surface area (Å²) in [6.07, 6.45) is 0.170. The standard InChI is InChI=1S/C21H25N3O3/c1-15(25)17-5-7-18(8-6-17)22-21(27)13-14-24(16(2)26)20-11-9-19(10-12-20)23(3)4/h5-12H,13-14H2,1-4H3,(H,22,27). The van der Waals surface area contributed by atoms with Crippen molar-refractivity contribution in [2.45, 2.75) is 20.3 Å². The molecule has 0 saturated carbocycles. The topological polar surface area (TPSA) is 69.7 Å². The summed E-state index contributed by atoms with van der Waals surface area (Å²) in [6.45, 7) is 3.27. The van der Waals surface area contributed by atoms with Gasteiger partial charge in [0, 0.05) is 56.6 Å². The number of anilines is 3. The van der Waals surface area contributed by atoms with Gasteiger partial charge in [-0.05, 0) is 55.5 Å². The van der Waals surface area contributed by atoms with Gasteiger partial charge in [-0.2, -0.15) is 0 Å². The lowest BCUT2D eigenvalue weighted by molar-refractivity contribution is -0.117. The lowest BCUT2D eigenvalue weighted by Crippen LogP contribution is -2.32. The van der Waals surface area contributed by atoms with Crippen molar-refractivity contribution in [3.05, 3.63) is 54.1 Å². The van der Waals surface area contributed by atoms with Crippen LogP contribution in [0.2, 0.25) is 0 Å². The Morgan fingerprint density at radius 3 is 1.89 bits per heavy atom. The molecule has 27 heavy (non-hydrogen) atoms. The van der Waals surface area contributed by atoms with Gasteiger partial charge in [0.2, 0.25) is 11.8 Å². The largest absolute Gasteiger partial charge is 0.378 e. The van der Waals surface area contributed by atoms with Crippen LogP contribution in [0.4, 0.5) is 17.1 Å². The fourth-order valence-corrected chi connectivity index (χ4v) is 2.62. The average molecular weight is 367 g/mol. The van der Waals surface area contributed by atoms with Gasteiger partial charge in [0.15, 0.2) is 5.78 Å². The highest BCUT2D eigenvalue weighted by Gasteiger charge is 2.14. The van der Waals surface area contributed by atoms with Crippen molar-refractivity contribution in [2.75, 3.05) is 35.8 Å². The summed E-state index contributed by atoms with van der Waals surface area (Å²) >= 11 is 0. The summed E-state index contributed by atoms with van der Waals surface area (Å²) in [6, 6.07) is 14.3. The third kappa shape index (κ3) is 5.67. The first-order valence-corrected chi connectivity index (χ1v) is 8.74. The molecule has 0 aliphatic rings. The number of rotatable bonds is 7. The van der Waals surface area contributed by atoms with Crippen LogP contribution in [0.25, 0.3) is 0 Å². The molecule has 0 saturated heterocycles. The van der Waals surface area contributed by atoms with Crippen molar-refractivity contribution in [3.8, 4) is 0 Å². The molecule has 142 valence electrons. The highest BCUT2D eigenvalue weighted by atomic mass is 16.2. The van der Waals surface area contributed by atoms with Crippen molar-refractivity contribution in [1.29, 1.82) is 0 Å². The molecular formula is C21H25N3O3. The monoisotopic (exact) mass is 367 g/mol. The van der Waals surface area contributed by atoms with E-state index in [1.165, 1.54) is 13.8 Å². The Morgan fingerprint density at radius 1 is 0.852 bits per heavy atom. The van der Waals surface area contributed by atoms with E-state index in [4.69, 9.17) is 0 Å². The summed E-state index contributed by atoms with van der Waals surface area (Å²) in [5.74, 6) is -0.335. The Kier molecular flexibility index (Phi) is 6.71. The summed E-state index contributed by atoms with van der Waals surface area (Å²) in [5.41, 5.74) is 3.01. The third-order valence-corrected chi connectivity index (χ3v) is 4.20. The number of benzene rings is 2. The van der Waals surface area contributed by atoms with Gasteiger partial charge in [0.05, 0.1) is 0 Å². The molecule has 2 rings (SSSR count). The summed E-state index contributed by atoms with van der Waals surface area (Å²) in [7, 11) is 3.90. The molecule has 0 unspecified atom stereocenters. The molecule has 0 aliphatic carbocycles. The van der Waals surface area contributed by atoms with Crippen LogP contribution in [0.1, 0.15) is 30.6 Å². The second-order valence-corrected chi connectivity index (χ2v) is 6.51. The van der Waals surface area contributed by atoms with E-state index in [0.717, 1.165) is 11.4 Å². The molecule has 0 bridgehead atoms. The van der Waals surface area contributed by atoms with Crippen molar-refractivity contribution in [1.82, 2.24) is 0 Å². The maximum atomic E-state index is 12.2. The van der Waals surface area contributed by atoms with E-state index in [1.807, 2.05) is 43.3 Å². The SMILES string of the molecule is CC(=O)c1ccc(NC(=O)CCN(C(C)=O)c2ccc(N(C)C)cc2)cc1. The van der Waals surface area contributed by atoms with Crippen LogP contribution in [0.3, 0.4) is 0 Å². The van der Waals surface area contributed by atoms with Crippen LogP contribution in [0.5, 0.6) is 0 Å². The normalized spacial score (nSPS) is 10.2. The molecule has 0 aromatic heterocycles. The Hall–Kier alpha value is -3.15. The molecule has 0 atom stereocenters. The molecular weight excluding hydrogens is 342 g/mol. The maximum Gasteiger partial charge on any atom is 0.226 e. The van der Waals surface area contributed by atoms with E-state index in [2.05, 4.69) is 5.32 Å². The Morgan fingerprint density at radius 2 is 1.41 bits per heavy atom. The molecule has 0 heterocycles. The second kappa shape index (κ2) is 8.98. The van der Waals surface area contributed by atoms with E-state index >= 15 is 0 Å². The fourth-order valence-electron chi connectivity index (χ4n) is 2.62. The van der Waals surface area contributed by atoms with Crippen LogP contribution >= 0.6 is 0 Å². The van der Waals surface area contributed by atoms with E-state index in [0.29, 0.717) is 11.3 Å². The molecule has 0 aliphatic heterocycles. The molecule has 2 amide bonds. The summed E-state index contributed by atoms with van der Waals surface area (Å²) in [4.78, 5) is 39.0. The zero-order chi connectivity index (χ0) is 20.0. The van der Waals surface area contributed by atoms with Crippen LogP contribution in [-0.4, -0.2) is 38.2 Å². The zero-order valence-electron chi connectivity index (χ0n) is 16.2. The van der Waals surface area contributed by atoms with Gasteiger partial charge in [0.1, 0.15) is 0 Å². The number of carbonyl (C=O) groups is 3. The van der Waals surface area contributed by atoms with Crippen molar-refractivity contribution in [3.63, 3.8) is 0 Å². The minimum atomic E-state index is -0.193. The molecule has 6 heteroatoms. The maximum absolute atomic E-state index is 12.2. The Labute approximate surface area is 159 Å². The lowest BCUT2D eigenvalue weighted by atomic mass is 10.1. The number of Topliss-reactive ketones (excluding diaryl/α,β-unsaturated/α-hetero) is 1. The van der Waals surface area contributed by atoms with Crippen LogP contribution < -0.4 is 15.1 Å². The first kappa shape index (κ1) is 20.2. The quantitative estimate of drug-likeness (QED) is 0.762. The van der Waals surface area contributed by atoms with Crippen molar-refractivity contribution >= 4 is 34.7 Å². The predicted molar refractivity (Wildman–Crippen MR) is 108 cm³/mol. The predicted octanol–water partition coefficient (Wildman–Crippen LogP) is 3.34. The van der Waals surface area contributed by atoms with E-state index in [-0.39, 0.29) is 30.6 Å². The number of nitrogens with one attached hydrogen (secondary N) is 1. The van der Waals surface area contributed by atoms with Gasteiger partial charge < -0.3 is 15.1 Å². The Balaban J connectivity index is 1.97. The number of carbonyl (C=O) groups excluding carboxylic acids is 3. The first-order chi connectivity index (χ1) is 12.8. The highest BCUT2D eigenvalue weighted by Crippen LogP contribution is 2.20. The molecule has 2 aromatic rings. The van der Waals surface area contributed by atoms with E-state index in [1.54, 1.807) is 29.2 Å². The number of hydrogen-bond donors (Lipinski definition) is 1. The molecule has 0 spiro atoms. The van der Waals surface area contributed by atoms with Gasteiger partial charge in [0.25, 0.3) is 0 Å². The van der Waals surface area contributed by atoms with Crippen LogP contribution in [-0.2, 0) is 9.59 Å². The van der Waals surface area contributed by atoms with Gasteiger partial charge in [-0.1, -0.05) is 0 Å². The minimum absolute atomic E-state index is 0.0229. The summed E-state index contributed by atoms with van der Waals surface area (Å²) in [5, 5.41) is 2.78. The molecule has 2 aromatic carbocycles. The van der Waals surface area contributed by atoms with Gasteiger partial charge in [-0.3, -0.25) is 14.4 Å². The molecule has 1 N–H and O–H groups in total. The number of amides is 2. The zero-order valence-corrected chi connectivity index (χ0v) is 16.2. The lowest BCUT2D eigenvalue weighted by Gasteiger charge is -2.22. The second-order valence-electron chi connectivity index (χ2n) is 6.51. The first-order valence-electron chi connectivity index (χ1n) is 8.74. The van der Waals surface area contributed by atoms with Crippen molar-refractivity contribution < 1.29 is 14.4 Å². The Bertz CT molecular complexity index is 812. The fraction of sp³-hybridized carbons (Fsp3) is 0.286. The van der Waals surface area contributed by atoms with Crippen LogP contribution in [0.15, 0.2) is 48.5 Å². The number of hydrogen-bond acceptors (Lipinski definition) is 4. The minimum Gasteiger partial charge on any atom is -0.378 e. The van der Waals surface area contributed by atoms with Crippen molar-refractivity contribution in [2.24, 2.45) is 0 Å². The highest BCUT2D eigenvalue weighted by molar-refractivity contribution is 5.96. The third-order valence-electron chi connectivity index (χ3n) is 4.20. The molecule has 0 radical (unpaired) electrons. The molecule has 0 fully saturated rings. The number of nitrogens with zero attached hydrogens (tertiary/aromatic N) is 2. The van der Waals surface area contributed by atoms with E-state index in [9.17, 15) is 14.4 Å². The molecule has 6 nitrogen and oxygen atoms in total. The van der Waals surface area contributed by atoms with Gasteiger partial charge in [-0.25, -0.2) is 0 Å². The number of ketones is 1. The van der Waals surface area contributed by atoms with Crippen LogP contribution in [0, 0.1) is 0 Å². The van der Waals surface area contributed by atoms with Gasteiger partial charge in [-0.15, -0.1) is 0 Å². The average Bonchev–Trinajstić information content (AvgIpc) is 2.62. The smallest absolute Gasteiger partial charge is 0.226 e. The van der Waals surface area contributed by atoms with E-state index < -0.39 is 0 Å². The summed E-state index contributed by atoms with van der Waals surface area (Å²) < 4.78 is 0.